The summed E-state index contributed by atoms with van der Waals surface area (Å²) < 4.78 is 10.2. The van der Waals surface area contributed by atoms with E-state index in [0.29, 0.717) is 17.2 Å². The first-order chi connectivity index (χ1) is 11.0. The van der Waals surface area contributed by atoms with Crippen LogP contribution in [0.2, 0.25) is 0 Å². The molecule has 0 unspecified atom stereocenters. The van der Waals surface area contributed by atoms with Gasteiger partial charge >= 0.3 is 11.9 Å². The molecule has 2 rings (SSSR count). The number of carbonyl (C=O) groups excluding carboxylic acids is 2. The smallest absolute Gasteiger partial charge is 0.397 e. The molecule has 0 aromatic heterocycles. The van der Waals surface area contributed by atoms with Gasteiger partial charge in [-0.2, -0.15) is 0 Å². The summed E-state index contributed by atoms with van der Waals surface area (Å²) in [5.41, 5.74) is 6.23. The number of esters is 1. The van der Waals surface area contributed by atoms with Gasteiger partial charge in [-0.15, -0.1) is 0 Å². The Hall–Kier alpha value is -3.22. The molecule has 4 N–H and O–H groups in total. The zero-order valence-corrected chi connectivity index (χ0v) is 12.4. The SMILES string of the molecule is CCOC(=O)C(=O)Nc1ccc(Oc2ccc(O)c(N)c2)cc1. The van der Waals surface area contributed by atoms with Crippen LogP contribution in [0.15, 0.2) is 42.5 Å². The van der Waals surface area contributed by atoms with Gasteiger partial charge < -0.3 is 25.6 Å². The first-order valence-electron chi connectivity index (χ1n) is 6.84. The topological polar surface area (TPSA) is 111 Å². The van der Waals surface area contributed by atoms with Crippen LogP contribution in [0.25, 0.3) is 0 Å². The third-order valence-corrected chi connectivity index (χ3v) is 2.81. The van der Waals surface area contributed by atoms with Crippen LogP contribution < -0.4 is 15.8 Å². The fraction of sp³-hybridized carbons (Fsp3) is 0.125. The lowest BCUT2D eigenvalue weighted by atomic mass is 10.2. The Morgan fingerprint density at radius 2 is 1.78 bits per heavy atom. The fourth-order valence-corrected chi connectivity index (χ4v) is 1.72. The summed E-state index contributed by atoms with van der Waals surface area (Å²) in [6, 6.07) is 10.9. The van der Waals surface area contributed by atoms with E-state index in [-0.39, 0.29) is 18.0 Å². The molecular formula is C16H16N2O5. The molecule has 0 heterocycles. The average molecular weight is 316 g/mol. The molecule has 7 nitrogen and oxygen atoms in total. The molecule has 0 saturated carbocycles. The number of ether oxygens (including phenoxy) is 2. The lowest BCUT2D eigenvalue weighted by molar-refractivity contribution is -0.152. The highest BCUT2D eigenvalue weighted by atomic mass is 16.5. The maximum Gasteiger partial charge on any atom is 0.397 e. The van der Waals surface area contributed by atoms with Gasteiger partial charge in [0.2, 0.25) is 0 Å². The molecule has 0 bridgehead atoms. The Morgan fingerprint density at radius 3 is 2.39 bits per heavy atom. The number of nitrogens with two attached hydrogens (primary N) is 1. The molecule has 23 heavy (non-hydrogen) atoms. The van der Waals surface area contributed by atoms with E-state index in [0.717, 1.165) is 0 Å². The Balaban J connectivity index is 2.00. The normalized spacial score (nSPS) is 9.96. The molecule has 120 valence electrons. The van der Waals surface area contributed by atoms with Crippen LogP contribution in [0.5, 0.6) is 17.2 Å². The number of hydrogen-bond acceptors (Lipinski definition) is 6. The van der Waals surface area contributed by atoms with Crippen LogP contribution in [-0.4, -0.2) is 23.6 Å². The molecule has 7 heteroatoms. The van der Waals surface area contributed by atoms with Gasteiger partial charge in [-0.3, -0.25) is 4.79 Å². The molecule has 0 aliphatic heterocycles. The van der Waals surface area contributed by atoms with Crippen LogP contribution in [0, 0.1) is 0 Å². The molecule has 2 aromatic carbocycles. The summed E-state index contributed by atoms with van der Waals surface area (Å²) in [7, 11) is 0. The quantitative estimate of drug-likeness (QED) is 0.345. The van der Waals surface area contributed by atoms with Crippen molar-refractivity contribution in [2.75, 3.05) is 17.7 Å². The van der Waals surface area contributed by atoms with Gasteiger partial charge in [0.1, 0.15) is 17.2 Å². The molecule has 1 amide bonds. The number of anilines is 2. The summed E-state index contributed by atoms with van der Waals surface area (Å²) in [6.45, 7) is 1.75. The predicted octanol–water partition coefficient (Wildman–Crippen LogP) is 2.27. The Labute approximate surface area is 132 Å². The van der Waals surface area contributed by atoms with E-state index >= 15 is 0 Å². The number of carbonyl (C=O) groups is 2. The number of phenols is 1. The van der Waals surface area contributed by atoms with Crippen molar-refractivity contribution < 1.29 is 24.2 Å². The van der Waals surface area contributed by atoms with Crippen molar-refractivity contribution in [2.45, 2.75) is 6.92 Å². The van der Waals surface area contributed by atoms with Crippen LogP contribution in [0.1, 0.15) is 6.92 Å². The molecule has 0 atom stereocenters. The van der Waals surface area contributed by atoms with Crippen molar-refractivity contribution in [1.82, 2.24) is 0 Å². The van der Waals surface area contributed by atoms with Crippen molar-refractivity contribution in [2.24, 2.45) is 0 Å². The number of phenolic OH excluding ortho intramolecular Hbond substituents is 1. The minimum Gasteiger partial charge on any atom is -0.506 e. The Bertz CT molecular complexity index is 713. The monoisotopic (exact) mass is 316 g/mol. The van der Waals surface area contributed by atoms with Crippen molar-refractivity contribution in [3.05, 3.63) is 42.5 Å². The zero-order valence-electron chi connectivity index (χ0n) is 12.4. The van der Waals surface area contributed by atoms with Gasteiger partial charge in [0.05, 0.1) is 12.3 Å². The lowest BCUT2D eigenvalue weighted by Gasteiger charge is -2.09. The molecule has 0 fully saturated rings. The number of amides is 1. The van der Waals surface area contributed by atoms with E-state index < -0.39 is 11.9 Å². The number of nitrogen functional groups attached to an aromatic ring is 1. The largest absolute Gasteiger partial charge is 0.506 e. The molecule has 0 saturated heterocycles. The number of rotatable bonds is 4. The van der Waals surface area contributed by atoms with Gasteiger partial charge in [-0.1, -0.05) is 0 Å². The third kappa shape index (κ3) is 4.37. The summed E-state index contributed by atoms with van der Waals surface area (Å²) in [4.78, 5) is 22.7. The van der Waals surface area contributed by atoms with E-state index in [4.69, 9.17) is 10.5 Å². The van der Waals surface area contributed by atoms with Crippen molar-refractivity contribution in [3.63, 3.8) is 0 Å². The molecule has 0 radical (unpaired) electrons. The summed E-state index contributed by atoms with van der Waals surface area (Å²) in [6.07, 6.45) is 0. The Morgan fingerprint density at radius 1 is 1.13 bits per heavy atom. The minimum absolute atomic E-state index is 0.0191. The van der Waals surface area contributed by atoms with Crippen LogP contribution in [0.3, 0.4) is 0 Å². The maximum atomic E-state index is 11.5. The van der Waals surface area contributed by atoms with Gasteiger partial charge in [-0.05, 0) is 43.3 Å². The van der Waals surface area contributed by atoms with Crippen molar-refractivity contribution in [1.29, 1.82) is 0 Å². The second-order valence-electron chi connectivity index (χ2n) is 4.52. The highest BCUT2D eigenvalue weighted by molar-refractivity contribution is 6.37. The number of aromatic hydroxyl groups is 1. The standard InChI is InChI=1S/C16H16N2O5/c1-2-22-16(21)15(20)18-10-3-5-11(6-4-10)23-12-7-8-14(19)13(17)9-12/h3-9,19H,2,17H2,1H3,(H,18,20). The first kappa shape index (κ1) is 16.2. The number of nitrogens with one attached hydrogen (secondary N) is 1. The summed E-state index contributed by atoms with van der Waals surface area (Å²) >= 11 is 0. The lowest BCUT2D eigenvalue weighted by Crippen LogP contribution is -2.24. The minimum atomic E-state index is -0.938. The van der Waals surface area contributed by atoms with Gasteiger partial charge in [0.25, 0.3) is 0 Å². The summed E-state index contributed by atoms with van der Waals surface area (Å²) in [5.74, 6) is -0.832. The molecule has 0 aliphatic rings. The van der Waals surface area contributed by atoms with E-state index in [9.17, 15) is 14.7 Å². The second-order valence-corrected chi connectivity index (χ2v) is 4.52. The predicted molar refractivity (Wildman–Crippen MR) is 84.3 cm³/mol. The van der Waals surface area contributed by atoms with Gasteiger partial charge in [0, 0.05) is 11.8 Å². The number of benzene rings is 2. The van der Waals surface area contributed by atoms with Crippen molar-refractivity contribution >= 4 is 23.3 Å². The molecule has 0 spiro atoms. The average Bonchev–Trinajstić information content (AvgIpc) is 2.53. The highest BCUT2D eigenvalue weighted by Crippen LogP contribution is 2.29. The van der Waals surface area contributed by atoms with E-state index in [1.165, 1.54) is 12.1 Å². The Kier molecular flexibility index (Phi) is 5.03. The molecule has 2 aromatic rings. The van der Waals surface area contributed by atoms with Gasteiger partial charge in [0.15, 0.2) is 0 Å². The third-order valence-electron chi connectivity index (χ3n) is 2.81. The zero-order chi connectivity index (χ0) is 16.8. The van der Waals surface area contributed by atoms with Gasteiger partial charge in [-0.25, -0.2) is 4.79 Å². The van der Waals surface area contributed by atoms with Crippen LogP contribution in [-0.2, 0) is 14.3 Å². The van der Waals surface area contributed by atoms with Crippen LogP contribution >= 0.6 is 0 Å². The highest BCUT2D eigenvalue weighted by Gasteiger charge is 2.14. The fourth-order valence-electron chi connectivity index (χ4n) is 1.72. The van der Waals surface area contributed by atoms with Crippen LogP contribution in [0.4, 0.5) is 11.4 Å². The maximum absolute atomic E-state index is 11.5. The van der Waals surface area contributed by atoms with E-state index in [1.807, 2.05) is 0 Å². The number of hydrogen-bond donors (Lipinski definition) is 3. The van der Waals surface area contributed by atoms with E-state index in [1.54, 1.807) is 37.3 Å². The van der Waals surface area contributed by atoms with Crippen molar-refractivity contribution in [3.8, 4) is 17.2 Å². The second kappa shape index (κ2) is 7.17. The van der Waals surface area contributed by atoms with E-state index in [2.05, 4.69) is 10.1 Å². The molecule has 0 aliphatic carbocycles. The first-order valence-corrected chi connectivity index (χ1v) is 6.84. The summed E-state index contributed by atoms with van der Waals surface area (Å²) in [5, 5.41) is 11.8. The molecular weight excluding hydrogens is 300 g/mol.